The zero-order chi connectivity index (χ0) is 7.00. The molecule has 0 saturated heterocycles. The highest BCUT2D eigenvalue weighted by atomic mass is 80.0. The van der Waals surface area contributed by atoms with Gasteiger partial charge in [-0.25, -0.2) is 0 Å². The summed E-state index contributed by atoms with van der Waals surface area (Å²) in [5, 5.41) is 0. The molecule has 0 nitrogen and oxygen atoms in total. The van der Waals surface area contributed by atoms with E-state index in [4.69, 9.17) is 34.8 Å². The fourth-order valence-corrected chi connectivity index (χ4v) is 0. The van der Waals surface area contributed by atoms with Crippen molar-refractivity contribution in [3.05, 3.63) is 0 Å². The monoisotopic (exact) mass is 385 g/mol. The van der Waals surface area contributed by atoms with E-state index in [0.717, 1.165) is 0 Å². The molecule has 0 aliphatic rings. The highest BCUT2D eigenvalue weighted by Crippen LogP contribution is 2.90. The van der Waals surface area contributed by atoms with E-state index in [2.05, 4.69) is 46.5 Å². The fraction of sp³-hybridized carbons (Fsp3) is 1.00. The van der Waals surface area contributed by atoms with Gasteiger partial charge in [-0.2, -0.15) is 0 Å². The summed E-state index contributed by atoms with van der Waals surface area (Å²) < 4.78 is -3.15. The van der Waals surface area contributed by atoms with Gasteiger partial charge in [-0.3, -0.25) is 0 Å². The molecule has 0 unspecified atom stereocenters. The maximum atomic E-state index is 5.45. The van der Waals surface area contributed by atoms with Gasteiger partial charge in [-0.1, -0.05) is 0 Å². The molecule has 0 aromatic heterocycles. The number of hydrogen-bond donors (Lipinski definition) is 0. The normalized spacial score (nSPS) is 14.2. The molecule has 0 heterocycles. The fourth-order valence-electron chi connectivity index (χ4n) is 0. The van der Waals surface area contributed by atoms with E-state index >= 15 is 0 Å². The third kappa shape index (κ3) is 3.80. The highest BCUT2D eigenvalue weighted by Gasteiger charge is 2.53. The van der Waals surface area contributed by atoms with Crippen molar-refractivity contribution < 1.29 is 0 Å². The van der Waals surface area contributed by atoms with Crippen molar-refractivity contribution in [1.29, 1.82) is 0 Å². The molecule has 0 atom stereocenters. The van der Waals surface area contributed by atoms with Crippen molar-refractivity contribution in [2.45, 2.75) is 3.53 Å². The minimum atomic E-state index is -1.87. The van der Waals surface area contributed by atoms with Gasteiger partial charge < -0.3 is 0 Å². The van der Waals surface area contributed by atoms with Gasteiger partial charge in [0.25, 0.3) is 3.37 Å². The lowest BCUT2D eigenvalue weighted by Crippen LogP contribution is -1.93. The Bertz CT molecular complexity index is 69.5. The summed E-state index contributed by atoms with van der Waals surface area (Å²) in [6, 6.07) is 0. The van der Waals surface area contributed by atoms with Gasteiger partial charge in [0.1, 0.15) is 0 Å². The van der Waals surface area contributed by atoms with Crippen LogP contribution in [0.5, 0.6) is 0 Å². The van der Waals surface area contributed by atoms with Crippen molar-refractivity contribution in [1.82, 2.24) is 0 Å². The molecule has 0 bridgehead atoms. The van der Waals surface area contributed by atoms with Crippen molar-refractivity contribution in [3.63, 3.8) is 0 Å². The molecule has 7 heteroatoms. The first-order valence-electron chi connectivity index (χ1n) is 1.30. The molecule has 0 rings (SSSR count). The van der Waals surface area contributed by atoms with Crippen LogP contribution in [0.25, 0.3) is 0 Å². The number of rotatable bonds is 0. The second kappa shape index (κ2) is 3.42. The van der Waals surface area contributed by atoms with Crippen LogP contribution in [0.2, 0.25) is 0 Å². The van der Waals surface area contributed by atoms with Crippen LogP contribution in [0.15, 0.2) is 0 Å². The molecule has 0 saturated carbocycles. The first kappa shape index (κ1) is 10.7. The minimum Gasteiger partial charge on any atom is -0.0374 e. The molecule has 0 radical (unpaired) electrons. The van der Waals surface area contributed by atoms with E-state index in [9.17, 15) is 0 Å². The first-order valence-corrected chi connectivity index (χ1v) is 10.3. The van der Waals surface area contributed by atoms with Crippen molar-refractivity contribution in [3.8, 4) is 0 Å². The first-order chi connectivity index (χ1) is 3.25. The molecular weight excluding hydrogens is 389 g/mol. The molecular formula is CBr3Cl3P+. The standard InChI is InChI=1S/CBr3Cl3P/c2-8(3,4)1(5,6)7/q+1. The van der Waals surface area contributed by atoms with E-state index in [1.807, 2.05) is 0 Å². The zero-order valence-electron chi connectivity index (χ0n) is 3.22. The summed E-state index contributed by atoms with van der Waals surface area (Å²) in [6.45, 7) is 0. The molecule has 0 aliphatic heterocycles. The Morgan fingerprint density at radius 3 is 1.12 bits per heavy atom. The Kier molecular flexibility index (Phi) is 4.60. The Morgan fingerprint density at radius 2 is 1.12 bits per heavy atom. The maximum Gasteiger partial charge on any atom is 0.330 e. The zero-order valence-corrected chi connectivity index (χ0v) is 11.1. The second-order valence-electron chi connectivity index (χ2n) is 0.913. The van der Waals surface area contributed by atoms with Gasteiger partial charge in [0.2, 0.25) is 0 Å². The van der Waals surface area contributed by atoms with Crippen LogP contribution < -0.4 is 0 Å². The smallest absolute Gasteiger partial charge is 0.0374 e. The van der Waals surface area contributed by atoms with Gasteiger partial charge >= 0.3 is 3.53 Å². The summed E-state index contributed by atoms with van der Waals surface area (Å²) in [5.74, 6) is 0. The van der Waals surface area contributed by atoms with Crippen LogP contribution in [0.3, 0.4) is 0 Å². The average Bonchev–Trinajstić information content (AvgIpc) is 1.25. The van der Waals surface area contributed by atoms with Crippen molar-refractivity contribution in [2.75, 3.05) is 0 Å². The Morgan fingerprint density at radius 1 is 1.00 bits per heavy atom. The summed E-state index contributed by atoms with van der Waals surface area (Å²) in [7, 11) is 0. The Labute approximate surface area is 87.2 Å². The molecule has 8 heavy (non-hydrogen) atoms. The lowest BCUT2D eigenvalue weighted by Gasteiger charge is -2.09. The molecule has 0 aromatic rings. The maximum absolute atomic E-state index is 5.45. The van der Waals surface area contributed by atoms with Crippen LogP contribution in [0.4, 0.5) is 0 Å². The third-order valence-corrected chi connectivity index (χ3v) is 13.4. The predicted molar refractivity (Wildman–Crippen MR) is 54.0 cm³/mol. The van der Waals surface area contributed by atoms with E-state index in [0.29, 0.717) is 0 Å². The van der Waals surface area contributed by atoms with Crippen molar-refractivity contribution >= 4 is 84.6 Å². The number of hydrogen-bond acceptors (Lipinski definition) is 0. The molecule has 0 spiro atoms. The van der Waals surface area contributed by atoms with E-state index < -0.39 is 6.90 Å². The van der Waals surface area contributed by atoms with Gasteiger partial charge in [-0.05, 0) is 34.8 Å². The predicted octanol–water partition coefficient (Wildman–Crippen LogP) is 5.26. The van der Waals surface area contributed by atoms with Crippen LogP contribution in [0, 0.1) is 0 Å². The topological polar surface area (TPSA) is 0 Å². The second-order valence-corrected chi connectivity index (χ2v) is 23.7. The molecule has 50 valence electrons. The van der Waals surface area contributed by atoms with E-state index in [1.54, 1.807) is 0 Å². The molecule has 0 aromatic carbocycles. The summed E-state index contributed by atoms with van der Waals surface area (Å²) in [4.78, 5) is 0. The summed E-state index contributed by atoms with van der Waals surface area (Å²) in [6.07, 6.45) is 0. The lowest BCUT2D eigenvalue weighted by molar-refractivity contribution is 1.78. The van der Waals surface area contributed by atoms with Gasteiger partial charge in [0, 0.05) is 0 Å². The largest absolute Gasteiger partial charge is 0.330 e. The number of alkyl halides is 3. The minimum absolute atomic E-state index is 1.28. The quantitative estimate of drug-likeness (QED) is 0.392. The SMILES string of the molecule is ClC(Cl)(Cl)[P+](Br)(Br)Br. The Balaban J connectivity index is 4.02. The lowest BCUT2D eigenvalue weighted by atomic mass is 11.8. The third-order valence-electron chi connectivity index (χ3n) is 0.287. The Hall–Kier alpha value is 2.74. The van der Waals surface area contributed by atoms with Crippen molar-refractivity contribution in [2.24, 2.45) is 0 Å². The van der Waals surface area contributed by atoms with Crippen LogP contribution in [0.1, 0.15) is 0 Å². The van der Waals surface area contributed by atoms with E-state index in [1.165, 1.54) is 0 Å². The molecule has 0 fully saturated rings. The van der Waals surface area contributed by atoms with Crippen LogP contribution >= 0.6 is 84.6 Å². The molecule has 0 aliphatic carbocycles. The number of halogens is 6. The average molecular weight is 389 g/mol. The van der Waals surface area contributed by atoms with Gasteiger partial charge in [-0.15, -0.1) is 0 Å². The highest BCUT2D eigenvalue weighted by molar-refractivity contribution is 9.97. The van der Waals surface area contributed by atoms with Crippen LogP contribution in [-0.4, -0.2) is 3.53 Å². The summed E-state index contributed by atoms with van der Waals surface area (Å²) >= 11 is 25.8. The molecule has 0 amide bonds. The molecule has 0 N–H and O–H groups in total. The van der Waals surface area contributed by atoms with Gasteiger partial charge in [0.05, 0.1) is 0 Å². The van der Waals surface area contributed by atoms with E-state index in [-0.39, 0.29) is 0 Å². The van der Waals surface area contributed by atoms with Gasteiger partial charge in [0.15, 0.2) is 46.5 Å². The summed E-state index contributed by atoms with van der Waals surface area (Å²) in [5.41, 5.74) is 0. The van der Waals surface area contributed by atoms with Crippen LogP contribution in [-0.2, 0) is 0 Å².